The number of hydrogen-bond acceptors (Lipinski definition) is 4. The lowest BCUT2D eigenvalue weighted by Crippen LogP contribution is -2.02. The van der Waals surface area contributed by atoms with E-state index in [1.54, 1.807) is 24.9 Å². The van der Waals surface area contributed by atoms with Gasteiger partial charge in [-0.2, -0.15) is 0 Å². The van der Waals surface area contributed by atoms with E-state index in [1.165, 1.54) is 4.90 Å². The number of rotatable bonds is 4. The smallest absolute Gasteiger partial charge is 0.138 e. The molecule has 0 fully saturated rings. The van der Waals surface area contributed by atoms with Crippen LogP contribution >= 0.6 is 11.8 Å². The lowest BCUT2D eigenvalue weighted by molar-refractivity contribution is 0.197. The van der Waals surface area contributed by atoms with Crippen LogP contribution in [-0.2, 0) is 5.75 Å². The van der Waals surface area contributed by atoms with Crippen molar-refractivity contribution in [2.75, 3.05) is 0 Å². The van der Waals surface area contributed by atoms with Gasteiger partial charge in [0.2, 0.25) is 0 Å². The van der Waals surface area contributed by atoms with E-state index >= 15 is 0 Å². The highest BCUT2D eigenvalue weighted by molar-refractivity contribution is 7.98. The first kappa shape index (κ1) is 13.1. The molecule has 3 nitrogen and oxygen atoms in total. The highest BCUT2D eigenvalue weighted by Gasteiger charge is 2.08. The van der Waals surface area contributed by atoms with Crippen LogP contribution < -0.4 is 0 Å². The molecular formula is C14H16N2OS. The summed E-state index contributed by atoms with van der Waals surface area (Å²) in [6, 6.07) is 10.2. The zero-order valence-electron chi connectivity index (χ0n) is 10.5. The molecule has 1 N–H and O–H groups in total. The Balaban J connectivity index is 2.05. The van der Waals surface area contributed by atoms with Gasteiger partial charge in [-0.1, -0.05) is 18.2 Å². The van der Waals surface area contributed by atoms with Gasteiger partial charge in [0, 0.05) is 22.3 Å². The highest BCUT2D eigenvalue weighted by Crippen LogP contribution is 2.21. The van der Waals surface area contributed by atoms with Gasteiger partial charge >= 0.3 is 0 Å². The molecule has 0 saturated heterocycles. The van der Waals surface area contributed by atoms with Gasteiger partial charge in [0.25, 0.3) is 0 Å². The maximum absolute atomic E-state index is 9.52. The van der Waals surface area contributed by atoms with E-state index in [0.29, 0.717) is 0 Å². The van der Waals surface area contributed by atoms with Crippen molar-refractivity contribution in [2.45, 2.75) is 30.6 Å². The topological polar surface area (TPSA) is 46.0 Å². The van der Waals surface area contributed by atoms with Crippen molar-refractivity contribution in [1.82, 2.24) is 9.97 Å². The molecule has 18 heavy (non-hydrogen) atoms. The fraction of sp³-hybridized carbons (Fsp3) is 0.286. The summed E-state index contributed by atoms with van der Waals surface area (Å²) in [5.74, 6) is 1.54. The molecule has 0 aliphatic rings. The largest absolute Gasteiger partial charge is 0.389 e. The summed E-state index contributed by atoms with van der Waals surface area (Å²) < 4.78 is 0. The molecule has 0 bridgehead atoms. The average Bonchev–Trinajstić information content (AvgIpc) is 2.37. The zero-order valence-corrected chi connectivity index (χ0v) is 11.3. The van der Waals surface area contributed by atoms with Crippen LogP contribution in [0.4, 0.5) is 0 Å². The number of thioether (sulfide) groups is 1. The van der Waals surface area contributed by atoms with Crippen LogP contribution in [0.5, 0.6) is 0 Å². The van der Waals surface area contributed by atoms with Gasteiger partial charge in [-0.25, -0.2) is 9.97 Å². The van der Waals surface area contributed by atoms with Gasteiger partial charge in [0.1, 0.15) is 5.82 Å². The van der Waals surface area contributed by atoms with Crippen LogP contribution in [0.2, 0.25) is 0 Å². The first-order valence-electron chi connectivity index (χ1n) is 5.85. The van der Waals surface area contributed by atoms with Gasteiger partial charge in [0.05, 0.1) is 11.9 Å². The van der Waals surface area contributed by atoms with E-state index in [2.05, 4.69) is 22.1 Å². The first-order chi connectivity index (χ1) is 8.66. The molecule has 0 radical (unpaired) electrons. The van der Waals surface area contributed by atoms with Gasteiger partial charge in [-0.15, -0.1) is 11.8 Å². The number of nitrogens with zero attached hydrogens (tertiary/aromatic N) is 2. The molecule has 1 atom stereocenters. The van der Waals surface area contributed by atoms with E-state index in [9.17, 15) is 5.11 Å². The van der Waals surface area contributed by atoms with Crippen LogP contribution in [0.1, 0.15) is 30.1 Å². The van der Waals surface area contributed by atoms with Crippen molar-refractivity contribution in [2.24, 2.45) is 0 Å². The average molecular weight is 260 g/mol. The Kier molecular flexibility index (Phi) is 4.33. The summed E-state index contributed by atoms with van der Waals surface area (Å²) >= 11 is 1.71. The third-order valence-electron chi connectivity index (χ3n) is 2.63. The summed E-state index contributed by atoms with van der Waals surface area (Å²) in [5.41, 5.74) is 1.65. The van der Waals surface area contributed by atoms with E-state index in [-0.39, 0.29) is 0 Å². The van der Waals surface area contributed by atoms with Crippen LogP contribution in [0, 0.1) is 6.92 Å². The molecule has 0 aliphatic heterocycles. The number of hydrogen-bond donors (Lipinski definition) is 1. The molecule has 0 unspecified atom stereocenters. The predicted molar refractivity (Wildman–Crippen MR) is 73.4 cm³/mol. The van der Waals surface area contributed by atoms with E-state index in [0.717, 1.165) is 22.8 Å². The van der Waals surface area contributed by atoms with Crippen LogP contribution in [0.25, 0.3) is 0 Å². The Morgan fingerprint density at radius 3 is 2.61 bits per heavy atom. The first-order valence-corrected chi connectivity index (χ1v) is 6.83. The van der Waals surface area contributed by atoms with Gasteiger partial charge in [-0.3, -0.25) is 0 Å². The SMILES string of the molecule is Cc1nc(CSc2ccccc2)ncc1[C@@H](C)O. The Morgan fingerprint density at radius 1 is 1.28 bits per heavy atom. The third-order valence-corrected chi connectivity index (χ3v) is 3.64. The quantitative estimate of drug-likeness (QED) is 0.858. The monoisotopic (exact) mass is 260 g/mol. The van der Waals surface area contributed by atoms with Crippen molar-refractivity contribution in [3.8, 4) is 0 Å². The molecule has 0 spiro atoms. The van der Waals surface area contributed by atoms with Gasteiger partial charge in [-0.05, 0) is 26.0 Å². The normalized spacial score (nSPS) is 12.4. The number of aliphatic hydroxyl groups excluding tert-OH is 1. The fourth-order valence-corrected chi connectivity index (χ4v) is 2.45. The van der Waals surface area contributed by atoms with E-state index in [1.807, 2.05) is 25.1 Å². The summed E-state index contributed by atoms with van der Waals surface area (Å²) in [4.78, 5) is 9.91. The predicted octanol–water partition coefficient (Wildman–Crippen LogP) is 3.13. The van der Waals surface area contributed by atoms with Gasteiger partial charge < -0.3 is 5.11 Å². The van der Waals surface area contributed by atoms with Crippen LogP contribution in [0.15, 0.2) is 41.4 Å². The molecule has 0 amide bonds. The number of benzene rings is 1. The van der Waals surface area contributed by atoms with Crippen molar-refractivity contribution >= 4 is 11.8 Å². The molecule has 94 valence electrons. The Bertz CT molecular complexity index is 514. The molecular weight excluding hydrogens is 244 g/mol. The fourth-order valence-electron chi connectivity index (χ4n) is 1.67. The zero-order chi connectivity index (χ0) is 13.0. The Hall–Kier alpha value is -1.39. The number of aryl methyl sites for hydroxylation is 1. The summed E-state index contributed by atoms with van der Waals surface area (Å²) in [6.07, 6.45) is 1.20. The van der Waals surface area contributed by atoms with E-state index in [4.69, 9.17) is 0 Å². The second-order valence-corrected chi connectivity index (χ2v) is 5.15. The van der Waals surface area contributed by atoms with Crippen LogP contribution in [-0.4, -0.2) is 15.1 Å². The molecule has 1 heterocycles. The molecule has 1 aromatic carbocycles. The molecule has 2 rings (SSSR count). The second-order valence-electron chi connectivity index (χ2n) is 4.10. The van der Waals surface area contributed by atoms with Crippen molar-refractivity contribution in [3.05, 3.63) is 53.6 Å². The van der Waals surface area contributed by atoms with Crippen molar-refractivity contribution in [3.63, 3.8) is 0 Å². The Labute approximate surface area is 111 Å². The molecule has 0 aliphatic carbocycles. The molecule has 2 aromatic rings. The van der Waals surface area contributed by atoms with Crippen molar-refractivity contribution < 1.29 is 5.11 Å². The standard InChI is InChI=1S/C14H16N2OS/c1-10-13(11(2)17)8-15-14(16-10)9-18-12-6-4-3-5-7-12/h3-8,11,17H,9H2,1-2H3/t11-/m1/s1. The minimum absolute atomic E-state index is 0.513. The minimum Gasteiger partial charge on any atom is -0.389 e. The van der Waals surface area contributed by atoms with Crippen LogP contribution in [0.3, 0.4) is 0 Å². The molecule has 0 saturated carbocycles. The number of aromatic nitrogens is 2. The highest BCUT2D eigenvalue weighted by atomic mass is 32.2. The maximum atomic E-state index is 9.52. The lowest BCUT2D eigenvalue weighted by atomic mass is 10.1. The second kappa shape index (κ2) is 5.98. The lowest BCUT2D eigenvalue weighted by Gasteiger charge is -2.08. The van der Waals surface area contributed by atoms with Crippen molar-refractivity contribution in [1.29, 1.82) is 0 Å². The Morgan fingerprint density at radius 2 is 2.00 bits per heavy atom. The summed E-state index contributed by atoms with van der Waals surface area (Å²) in [6.45, 7) is 3.63. The summed E-state index contributed by atoms with van der Waals surface area (Å²) in [7, 11) is 0. The minimum atomic E-state index is -0.513. The maximum Gasteiger partial charge on any atom is 0.138 e. The number of aliphatic hydroxyl groups is 1. The van der Waals surface area contributed by atoms with E-state index < -0.39 is 6.10 Å². The van der Waals surface area contributed by atoms with Gasteiger partial charge in [0.15, 0.2) is 0 Å². The third kappa shape index (κ3) is 3.31. The molecule has 4 heteroatoms. The molecule has 1 aromatic heterocycles. The summed E-state index contributed by atoms with van der Waals surface area (Å²) in [5, 5.41) is 9.52.